The molecule has 1 saturated heterocycles. The standard InChI is InChI=1S/C21H22F3NO5/c1-13-18(26)9-19(29-11-16-10-27-6-7-28-16)25-5-4-14-8-15(30-12-21(22,23)24)2-3-17(14)20(13)25/h2-3,8-9,16H,4-7,10-12H2,1H3/t16-/m0/s1/i12D2. The van der Waals surface area contributed by atoms with Crippen LogP contribution in [-0.4, -0.2) is 49.8 Å². The van der Waals surface area contributed by atoms with Crippen LogP contribution < -0.4 is 14.9 Å². The lowest BCUT2D eigenvalue weighted by atomic mass is 9.94. The van der Waals surface area contributed by atoms with E-state index in [4.69, 9.17) is 17.0 Å². The summed E-state index contributed by atoms with van der Waals surface area (Å²) in [5, 5.41) is 0. The van der Waals surface area contributed by atoms with Crippen LogP contribution in [0.5, 0.6) is 11.6 Å². The quantitative estimate of drug-likeness (QED) is 0.734. The molecule has 0 N–H and O–H groups in total. The molecular formula is C21H22F3NO5. The van der Waals surface area contributed by atoms with Crippen LogP contribution in [0.4, 0.5) is 13.2 Å². The highest BCUT2D eigenvalue weighted by Gasteiger charge is 2.29. The predicted octanol–water partition coefficient (Wildman–Crippen LogP) is 3.12. The third kappa shape index (κ3) is 4.46. The van der Waals surface area contributed by atoms with Crippen molar-refractivity contribution in [2.75, 3.05) is 33.0 Å². The molecule has 0 spiro atoms. The fourth-order valence-electron chi connectivity index (χ4n) is 3.65. The minimum atomic E-state index is -5.17. The molecule has 1 atom stereocenters. The van der Waals surface area contributed by atoms with Crippen LogP contribution in [0.1, 0.15) is 13.9 Å². The van der Waals surface area contributed by atoms with Crippen LogP contribution in [0.3, 0.4) is 0 Å². The molecule has 3 heterocycles. The highest BCUT2D eigenvalue weighted by atomic mass is 19.4. The minimum Gasteiger partial charge on any atom is -0.484 e. The average Bonchev–Trinajstić information content (AvgIpc) is 2.74. The number of aryl methyl sites for hydroxylation is 1. The fourth-order valence-corrected chi connectivity index (χ4v) is 3.65. The number of ether oxygens (including phenoxy) is 4. The Morgan fingerprint density at radius 3 is 2.83 bits per heavy atom. The Bertz CT molecular complexity index is 1060. The Labute approximate surface area is 173 Å². The maximum absolute atomic E-state index is 12.8. The molecule has 6 nitrogen and oxygen atoms in total. The van der Waals surface area contributed by atoms with E-state index in [1.807, 2.05) is 4.57 Å². The van der Waals surface area contributed by atoms with E-state index in [1.165, 1.54) is 24.3 Å². The highest BCUT2D eigenvalue weighted by molar-refractivity contribution is 5.70. The summed E-state index contributed by atoms with van der Waals surface area (Å²) in [5.74, 6) is 0.144. The molecule has 2 aliphatic heterocycles. The molecule has 1 aromatic carbocycles. The summed E-state index contributed by atoms with van der Waals surface area (Å²) < 4.78 is 76.0. The van der Waals surface area contributed by atoms with E-state index < -0.39 is 12.7 Å². The van der Waals surface area contributed by atoms with Gasteiger partial charge in [0.1, 0.15) is 18.5 Å². The molecule has 0 amide bonds. The number of pyridine rings is 1. The van der Waals surface area contributed by atoms with E-state index in [0.717, 1.165) is 0 Å². The normalized spacial score (nSPS) is 19.9. The Morgan fingerprint density at radius 1 is 1.27 bits per heavy atom. The van der Waals surface area contributed by atoms with Crippen molar-refractivity contribution in [2.24, 2.45) is 0 Å². The predicted molar refractivity (Wildman–Crippen MR) is 102 cm³/mol. The molecule has 30 heavy (non-hydrogen) atoms. The van der Waals surface area contributed by atoms with Crippen molar-refractivity contribution in [1.29, 1.82) is 0 Å². The number of alkyl halides is 3. The van der Waals surface area contributed by atoms with Crippen LogP contribution in [0, 0.1) is 6.92 Å². The number of halogens is 3. The number of fused-ring (bicyclic) bond motifs is 3. The van der Waals surface area contributed by atoms with Gasteiger partial charge < -0.3 is 23.5 Å². The van der Waals surface area contributed by atoms with Gasteiger partial charge in [0.2, 0.25) is 0 Å². The zero-order valence-electron chi connectivity index (χ0n) is 18.3. The van der Waals surface area contributed by atoms with Crippen LogP contribution in [-0.2, 0) is 22.4 Å². The molecule has 0 unspecified atom stereocenters. The first-order valence-electron chi connectivity index (χ1n) is 10.5. The topological polar surface area (TPSA) is 58.9 Å². The molecule has 1 aromatic heterocycles. The first-order valence-corrected chi connectivity index (χ1v) is 9.52. The van der Waals surface area contributed by atoms with Crippen molar-refractivity contribution < 1.29 is 34.9 Å². The van der Waals surface area contributed by atoms with Crippen molar-refractivity contribution in [2.45, 2.75) is 32.2 Å². The molecule has 4 rings (SSSR count). The number of aromatic nitrogens is 1. The minimum absolute atomic E-state index is 0.216. The van der Waals surface area contributed by atoms with Crippen LogP contribution in [0.15, 0.2) is 29.1 Å². The Hall–Kier alpha value is -2.52. The molecule has 1 fully saturated rings. The third-order valence-corrected chi connectivity index (χ3v) is 5.04. The molecule has 0 aliphatic carbocycles. The summed E-state index contributed by atoms with van der Waals surface area (Å²) in [7, 11) is 0. The molecule has 0 saturated carbocycles. The van der Waals surface area contributed by atoms with Gasteiger partial charge in [0.25, 0.3) is 0 Å². The van der Waals surface area contributed by atoms with Crippen molar-refractivity contribution in [1.82, 2.24) is 4.57 Å². The van der Waals surface area contributed by atoms with Gasteiger partial charge in [0, 0.05) is 23.7 Å². The van der Waals surface area contributed by atoms with E-state index in [-0.39, 0.29) is 23.9 Å². The number of nitrogens with zero attached hydrogens (tertiary/aromatic N) is 1. The number of benzene rings is 1. The van der Waals surface area contributed by atoms with E-state index in [1.54, 1.807) is 6.92 Å². The zero-order valence-corrected chi connectivity index (χ0v) is 16.3. The van der Waals surface area contributed by atoms with Crippen molar-refractivity contribution in [3.63, 3.8) is 0 Å². The second kappa shape index (κ2) is 8.31. The summed E-state index contributed by atoms with van der Waals surface area (Å²) in [6.45, 7) is -0.0815. The molecule has 162 valence electrons. The zero-order chi connectivity index (χ0) is 23.1. The summed E-state index contributed by atoms with van der Waals surface area (Å²) >= 11 is 0. The maximum Gasteiger partial charge on any atom is 0.422 e. The lowest BCUT2D eigenvalue weighted by Gasteiger charge is -2.28. The van der Waals surface area contributed by atoms with Gasteiger partial charge in [-0.05, 0) is 37.1 Å². The second-order valence-corrected chi connectivity index (χ2v) is 7.12. The summed E-state index contributed by atoms with van der Waals surface area (Å²) in [5.41, 5.74) is 2.18. The van der Waals surface area contributed by atoms with Crippen molar-refractivity contribution >= 4 is 0 Å². The van der Waals surface area contributed by atoms with E-state index >= 15 is 0 Å². The molecular weight excluding hydrogens is 403 g/mol. The first-order chi connectivity index (χ1) is 15.1. The molecule has 2 aliphatic rings. The van der Waals surface area contributed by atoms with Crippen LogP contribution in [0.25, 0.3) is 11.3 Å². The third-order valence-electron chi connectivity index (χ3n) is 5.04. The van der Waals surface area contributed by atoms with Gasteiger partial charge >= 0.3 is 6.18 Å². The van der Waals surface area contributed by atoms with Gasteiger partial charge in [0.05, 0.1) is 28.3 Å². The van der Waals surface area contributed by atoms with Crippen molar-refractivity contribution in [3.05, 3.63) is 45.6 Å². The van der Waals surface area contributed by atoms with E-state index in [9.17, 15) is 18.0 Å². The van der Waals surface area contributed by atoms with Gasteiger partial charge in [-0.1, -0.05) is 0 Å². The SMILES string of the molecule is [2H]C([2H])(Oc1ccc2c(c1)CCn1c(OC[C@@H]3COCCO3)cc(=O)c(C)c1-2)C(F)(F)F. The van der Waals surface area contributed by atoms with Gasteiger partial charge in [-0.3, -0.25) is 4.79 Å². The van der Waals surface area contributed by atoms with E-state index in [2.05, 4.69) is 4.74 Å². The van der Waals surface area contributed by atoms with Gasteiger partial charge in [0.15, 0.2) is 17.9 Å². The van der Waals surface area contributed by atoms with Crippen LogP contribution >= 0.6 is 0 Å². The monoisotopic (exact) mass is 427 g/mol. The van der Waals surface area contributed by atoms with Crippen LogP contribution in [0.2, 0.25) is 0 Å². The summed E-state index contributed by atoms with van der Waals surface area (Å²) in [4.78, 5) is 12.6. The fraction of sp³-hybridized carbons (Fsp3) is 0.476. The average molecular weight is 427 g/mol. The Balaban J connectivity index is 1.64. The number of hydrogen-bond acceptors (Lipinski definition) is 5. The smallest absolute Gasteiger partial charge is 0.422 e. The summed E-state index contributed by atoms with van der Waals surface area (Å²) in [6.07, 6.45) is -4.97. The molecule has 0 bridgehead atoms. The Kier molecular flexibility index (Phi) is 5.06. The number of rotatable bonds is 5. The number of hydrogen-bond donors (Lipinski definition) is 0. The van der Waals surface area contributed by atoms with E-state index in [0.29, 0.717) is 61.1 Å². The van der Waals surface area contributed by atoms with Gasteiger partial charge in [-0.25, -0.2) is 0 Å². The second-order valence-electron chi connectivity index (χ2n) is 7.12. The van der Waals surface area contributed by atoms with Gasteiger partial charge in [-0.2, -0.15) is 13.2 Å². The highest BCUT2D eigenvalue weighted by Crippen LogP contribution is 2.36. The molecule has 0 radical (unpaired) electrons. The van der Waals surface area contributed by atoms with Gasteiger partial charge in [-0.15, -0.1) is 0 Å². The maximum atomic E-state index is 12.8. The summed E-state index contributed by atoms with van der Waals surface area (Å²) in [6, 6.07) is 5.61. The lowest BCUT2D eigenvalue weighted by molar-refractivity contribution is -0.153. The molecule has 2 aromatic rings. The molecule has 9 heteroatoms. The van der Waals surface area contributed by atoms with Crippen molar-refractivity contribution in [3.8, 4) is 22.9 Å². The largest absolute Gasteiger partial charge is 0.484 e. The Morgan fingerprint density at radius 2 is 2.10 bits per heavy atom. The first kappa shape index (κ1) is 18.3. The lowest BCUT2D eigenvalue weighted by Crippen LogP contribution is -2.34.